The molecule has 25 heavy (non-hydrogen) atoms. The average Bonchev–Trinajstić information content (AvgIpc) is 3.00. The first kappa shape index (κ1) is 14.2. The highest BCUT2D eigenvalue weighted by Gasteiger charge is 2.17. The molecule has 3 aromatic carbocycles. The lowest BCUT2D eigenvalue weighted by atomic mass is 10.0. The molecule has 0 aliphatic rings. The lowest BCUT2D eigenvalue weighted by molar-refractivity contribution is 0.669. The molecule has 0 unspecified atom stereocenters. The molecule has 120 valence electrons. The molecule has 5 rings (SSSR count). The van der Waals surface area contributed by atoms with Gasteiger partial charge in [-0.3, -0.25) is 0 Å². The molecule has 0 aliphatic carbocycles. The number of furan rings is 1. The molecule has 5 aromatic rings. The first-order valence-corrected chi connectivity index (χ1v) is 8.49. The van der Waals surface area contributed by atoms with Gasteiger partial charge in [-0.15, -0.1) is 0 Å². The van der Waals surface area contributed by atoms with Crippen molar-refractivity contribution in [1.82, 2.24) is 4.98 Å². The topological polar surface area (TPSA) is 26.0 Å². The Hall–Kier alpha value is -3.13. The first-order chi connectivity index (χ1) is 12.2. The molecule has 0 atom stereocenters. The van der Waals surface area contributed by atoms with E-state index < -0.39 is 0 Å². The Balaban J connectivity index is 2.01. The van der Waals surface area contributed by atoms with Crippen molar-refractivity contribution < 1.29 is 4.42 Å². The number of aromatic nitrogens is 1. The number of rotatable bonds is 1. The van der Waals surface area contributed by atoms with E-state index in [-0.39, 0.29) is 0 Å². The molecular formula is C23H17NO. The molecular weight excluding hydrogens is 306 g/mol. The Morgan fingerprint density at radius 2 is 1.44 bits per heavy atom. The highest BCUT2D eigenvalue weighted by Crippen LogP contribution is 2.39. The molecule has 0 spiro atoms. The van der Waals surface area contributed by atoms with Gasteiger partial charge in [0.2, 0.25) is 0 Å². The predicted molar refractivity (Wildman–Crippen MR) is 104 cm³/mol. The van der Waals surface area contributed by atoms with Crippen LogP contribution in [-0.2, 0) is 0 Å². The van der Waals surface area contributed by atoms with E-state index in [0.29, 0.717) is 0 Å². The summed E-state index contributed by atoms with van der Waals surface area (Å²) in [7, 11) is 0. The Labute approximate surface area is 145 Å². The predicted octanol–water partition coefficient (Wildman–Crippen LogP) is 6.42. The molecule has 0 fully saturated rings. The van der Waals surface area contributed by atoms with Gasteiger partial charge in [0.15, 0.2) is 5.58 Å². The van der Waals surface area contributed by atoms with Gasteiger partial charge >= 0.3 is 0 Å². The minimum atomic E-state index is 0.866. The largest absolute Gasteiger partial charge is 0.454 e. The van der Waals surface area contributed by atoms with E-state index in [0.717, 1.165) is 44.1 Å². The van der Waals surface area contributed by atoms with Crippen LogP contribution in [0.3, 0.4) is 0 Å². The van der Waals surface area contributed by atoms with Crippen molar-refractivity contribution in [1.29, 1.82) is 0 Å². The standard InChI is InChI=1S/C23H17NO/c1-14-11-15(2)13-16(12-14)22-23-21(17-7-3-5-9-19(17)24-22)18-8-4-6-10-20(18)25-23/h3-13H,1-2H3. The van der Waals surface area contributed by atoms with Crippen LogP contribution in [0.25, 0.3) is 44.1 Å². The highest BCUT2D eigenvalue weighted by atomic mass is 16.3. The summed E-state index contributed by atoms with van der Waals surface area (Å²) in [6.07, 6.45) is 0. The van der Waals surface area contributed by atoms with Crippen molar-refractivity contribution in [3.05, 3.63) is 77.9 Å². The summed E-state index contributed by atoms with van der Waals surface area (Å²) in [5.74, 6) is 0. The molecule has 0 radical (unpaired) electrons. The van der Waals surface area contributed by atoms with E-state index in [1.165, 1.54) is 11.1 Å². The van der Waals surface area contributed by atoms with Crippen LogP contribution in [0.2, 0.25) is 0 Å². The van der Waals surface area contributed by atoms with Gasteiger partial charge in [0.25, 0.3) is 0 Å². The van der Waals surface area contributed by atoms with Crippen molar-refractivity contribution in [3.8, 4) is 11.3 Å². The van der Waals surface area contributed by atoms with Crippen LogP contribution in [0, 0.1) is 13.8 Å². The summed E-state index contributed by atoms with van der Waals surface area (Å²) in [6, 6.07) is 23.0. The number of pyridine rings is 1. The first-order valence-electron chi connectivity index (χ1n) is 8.49. The molecule has 2 heteroatoms. The Bertz CT molecular complexity index is 1240. The van der Waals surface area contributed by atoms with Crippen LogP contribution < -0.4 is 0 Å². The minimum Gasteiger partial charge on any atom is -0.454 e. The number of fused-ring (bicyclic) bond motifs is 5. The maximum absolute atomic E-state index is 6.26. The van der Waals surface area contributed by atoms with Crippen molar-refractivity contribution in [2.75, 3.05) is 0 Å². The highest BCUT2D eigenvalue weighted by molar-refractivity contribution is 6.20. The van der Waals surface area contributed by atoms with Gasteiger partial charge in [0, 0.05) is 21.7 Å². The van der Waals surface area contributed by atoms with Crippen LogP contribution >= 0.6 is 0 Å². The molecule has 0 aliphatic heterocycles. The molecule has 0 amide bonds. The number of hydrogen-bond donors (Lipinski definition) is 0. The van der Waals surface area contributed by atoms with Crippen molar-refractivity contribution in [2.24, 2.45) is 0 Å². The number of para-hydroxylation sites is 2. The average molecular weight is 323 g/mol. The molecule has 0 N–H and O–H groups in total. The Morgan fingerprint density at radius 3 is 2.24 bits per heavy atom. The van der Waals surface area contributed by atoms with Crippen LogP contribution in [0.5, 0.6) is 0 Å². The van der Waals surface area contributed by atoms with Crippen LogP contribution in [0.15, 0.2) is 71.1 Å². The van der Waals surface area contributed by atoms with Gasteiger partial charge in [0.1, 0.15) is 11.3 Å². The quantitative estimate of drug-likeness (QED) is 0.356. The fourth-order valence-electron chi connectivity index (χ4n) is 3.74. The second-order valence-corrected chi connectivity index (χ2v) is 6.66. The Morgan fingerprint density at radius 1 is 0.760 bits per heavy atom. The number of hydrogen-bond acceptors (Lipinski definition) is 2. The third-order valence-corrected chi connectivity index (χ3v) is 4.71. The second kappa shape index (κ2) is 5.18. The Kier molecular flexibility index (Phi) is 2.95. The van der Waals surface area contributed by atoms with Crippen molar-refractivity contribution in [3.63, 3.8) is 0 Å². The number of aryl methyl sites for hydroxylation is 2. The molecule has 0 saturated carbocycles. The summed E-state index contributed by atoms with van der Waals surface area (Å²) >= 11 is 0. The van der Waals surface area contributed by atoms with Gasteiger partial charge in [-0.05, 0) is 38.1 Å². The summed E-state index contributed by atoms with van der Waals surface area (Å²) in [6.45, 7) is 4.24. The number of benzene rings is 3. The van der Waals surface area contributed by atoms with E-state index >= 15 is 0 Å². The summed E-state index contributed by atoms with van der Waals surface area (Å²) in [5.41, 5.74) is 7.24. The summed E-state index contributed by atoms with van der Waals surface area (Å²) < 4.78 is 6.26. The lowest BCUT2D eigenvalue weighted by Gasteiger charge is -2.08. The third-order valence-electron chi connectivity index (χ3n) is 4.71. The van der Waals surface area contributed by atoms with Gasteiger partial charge < -0.3 is 4.42 Å². The lowest BCUT2D eigenvalue weighted by Crippen LogP contribution is -1.89. The fraction of sp³-hybridized carbons (Fsp3) is 0.0870. The molecule has 0 saturated heterocycles. The molecule has 0 bridgehead atoms. The summed E-state index contributed by atoms with van der Waals surface area (Å²) in [4.78, 5) is 4.96. The van der Waals surface area contributed by atoms with E-state index in [1.807, 2.05) is 18.2 Å². The number of nitrogens with zero attached hydrogens (tertiary/aromatic N) is 1. The maximum atomic E-state index is 6.26. The molecule has 2 nitrogen and oxygen atoms in total. The zero-order valence-electron chi connectivity index (χ0n) is 14.2. The van der Waals surface area contributed by atoms with E-state index in [2.05, 4.69) is 62.4 Å². The van der Waals surface area contributed by atoms with Gasteiger partial charge in [-0.1, -0.05) is 53.6 Å². The van der Waals surface area contributed by atoms with Crippen LogP contribution in [0.4, 0.5) is 0 Å². The summed E-state index contributed by atoms with van der Waals surface area (Å²) in [5, 5.41) is 3.42. The molecule has 2 heterocycles. The van der Waals surface area contributed by atoms with Crippen molar-refractivity contribution in [2.45, 2.75) is 13.8 Å². The maximum Gasteiger partial charge on any atom is 0.162 e. The van der Waals surface area contributed by atoms with Crippen molar-refractivity contribution >= 4 is 32.8 Å². The fourth-order valence-corrected chi connectivity index (χ4v) is 3.74. The molecule has 2 aromatic heterocycles. The van der Waals surface area contributed by atoms with Crippen LogP contribution in [0.1, 0.15) is 11.1 Å². The monoisotopic (exact) mass is 323 g/mol. The second-order valence-electron chi connectivity index (χ2n) is 6.66. The smallest absolute Gasteiger partial charge is 0.162 e. The zero-order chi connectivity index (χ0) is 17.0. The normalized spacial score (nSPS) is 11.6. The van der Waals surface area contributed by atoms with E-state index in [9.17, 15) is 0 Å². The van der Waals surface area contributed by atoms with Gasteiger partial charge in [-0.25, -0.2) is 4.98 Å². The minimum absolute atomic E-state index is 0.866. The van der Waals surface area contributed by atoms with Gasteiger partial charge in [-0.2, -0.15) is 0 Å². The van der Waals surface area contributed by atoms with E-state index in [4.69, 9.17) is 9.40 Å². The van der Waals surface area contributed by atoms with E-state index in [1.54, 1.807) is 0 Å². The van der Waals surface area contributed by atoms with Gasteiger partial charge in [0.05, 0.1) is 5.52 Å². The third kappa shape index (κ3) is 2.14. The SMILES string of the molecule is Cc1cc(C)cc(-c2nc3ccccc3c3c2oc2ccccc23)c1. The zero-order valence-corrected chi connectivity index (χ0v) is 14.2. The van der Waals surface area contributed by atoms with Crippen LogP contribution in [-0.4, -0.2) is 4.98 Å².